The first-order valence-electron chi connectivity index (χ1n) is 8.11. The Labute approximate surface area is 141 Å². The molecule has 0 spiro atoms. The van der Waals surface area contributed by atoms with Gasteiger partial charge in [-0.2, -0.15) is 0 Å². The van der Waals surface area contributed by atoms with Crippen LogP contribution < -0.4 is 16.0 Å². The molecule has 1 aliphatic rings. The number of hydrogen-bond donors (Lipinski definition) is 3. The van der Waals surface area contributed by atoms with Gasteiger partial charge in [0.15, 0.2) is 0 Å². The molecule has 3 N–H and O–H groups in total. The number of amides is 3. The van der Waals surface area contributed by atoms with Crippen LogP contribution in [0.15, 0.2) is 24.3 Å². The van der Waals surface area contributed by atoms with Crippen molar-refractivity contribution >= 4 is 23.6 Å². The van der Waals surface area contributed by atoms with Crippen molar-refractivity contribution in [2.45, 2.75) is 25.7 Å². The van der Waals surface area contributed by atoms with Crippen LogP contribution in [0.4, 0.5) is 10.5 Å². The van der Waals surface area contributed by atoms with Crippen molar-refractivity contribution in [1.82, 2.24) is 10.6 Å². The largest absolute Gasteiger partial charge is 0.453 e. The van der Waals surface area contributed by atoms with Gasteiger partial charge in [0, 0.05) is 19.0 Å². The van der Waals surface area contributed by atoms with Crippen molar-refractivity contribution in [2.75, 3.05) is 25.5 Å². The van der Waals surface area contributed by atoms with E-state index in [0.29, 0.717) is 24.3 Å². The maximum atomic E-state index is 12.2. The van der Waals surface area contributed by atoms with E-state index in [1.807, 2.05) is 0 Å². The van der Waals surface area contributed by atoms with E-state index in [1.54, 1.807) is 24.3 Å². The number of hydrogen-bond acceptors (Lipinski definition) is 4. The summed E-state index contributed by atoms with van der Waals surface area (Å²) in [6, 6.07) is 6.65. The Kier molecular flexibility index (Phi) is 6.60. The molecule has 1 fully saturated rings. The molecule has 1 aromatic carbocycles. The first kappa shape index (κ1) is 17.8. The van der Waals surface area contributed by atoms with Crippen LogP contribution in [0.3, 0.4) is 0 Å². The monoisotopic (exact) mass is 333 g/mol. The standard InChI is InChI=1S/C17H23N3O4/c1-24-17(23)20-14-9-5-4-8-13(14)16(22)19-11-10-18-15(21)12-6-2-3-7-12/h4-5,8-9,12H,2-3,6-7,10-11H2,1H3,(H,18,21)(H,19,22)(H,20,23). The zero-order valence-electron chi connectivity index (χ0n) is 13.8. The predicted octanol–water partition coefficient (Wildman–Crippen LogP) is 1.90. The number of nitrogens with one attached hydrogen (secondary N) is 3. The highest BCUT2D eigenvalue weighted by molar-refractivity contribution is 6.02. The number of carbonyl (C=O) groups is 3. The van der Waals surface area contributed by atoms with Gasteiger partial charge in [0.25, 0.3) is 5.91 Å². The third kappa shape index (κ3) is 4.97. The molecule has 0 saturated heterocycles. The summed E-state index contributed by atoms with van der Waals surface area (Å²) in [5.41, 5.74) is 0.710. The molecule has 1 aromatic rings. The Balaban J connectivity index is 1.80. The van der Waals surface area contributed by atoms with Gasteiger partial charge in [0.2, 0.25) is 5.91 Å². The van der Waals surface area contributed by atoms with Gasteiger partial charge in [0.05, 0.1) is 18.4 Å². The molecule has 0 unspecified atom stereocenters. The van der Waals surface area contributed by atoms with Gasteiger partial charge in [-0.3, -0.25) is 14.9 Å². The minimum Gasteiger partial charge on any atom is -0.453 e. The smallest absolute Gasteiger partial charge is 0.411 e. The third-order valence-electron chi connectivity index (χ3n) is 4.03. The van der Waals surface area contributed by atoms with E-state index in [2.05, 4.69) is 20.7 Å². The molecular weight excluding hydrogens is 310 g/mol. The molecule has 0 aromatic heterocycles. The number of anilines is 1. The van der Waals surface area contributed by atoms with E-state index in [0.717, 1.165) is 25.7 Å². The van der Waals surface area contributed by atoms with E-state index in [-0.39, 0.29) is 17.7 Å². The Morgan fingerprint density at radius 1 is 1.08 bits per heavy atom. The van der Waals surface area contributed by atoms with E-state index in [1.165, 1.54) is 7.11 Å². The van der Waals surface area contributed by atoms with Gasteiger partial charge in [0.1, 0.15) is 0 Å². The maximum Gasteiger partial charge on any atom is 0.411 e. The molecule has 2 rings (SSSR count). The summed E-state index contributed by atoms with van der Waals surface area (Å²) in [7, 11) is 1.26. The third-order valence-corrected chi connectivity index (χ3v) is 4.03. The summed E-state index contributed by atoms with van der Waals surface area (Å²) >= 11 is 0. The molecule has 0 radical (unpaired) electrons. The predicted molar refractivity (Wildman–Crippen MR) is 89.8 cm³/mol. The Morgan fingerprint density at radius 3 is 2.46 bits per heavy atom. The molecule has 0 aliphatic heterocycles. The number of rotatable bonds is 6. The molecule has 0 heterocycles. The topological polar surface area (TPSA) is 96.5 Å². The normalized spacial score (nSPS) is 14.0. The average molecular weight is 333 g/mol. The van der Waals surface area contributed by atoms with Crippen molar-refractivity contribution < 1.29 is 19.1 Å². The molecule has 0 bridgehead atoms. The van der Waals surface area contributed by atoms with Crippen LogP contribution in [-0.4, -0.2) is 38.1 Å². The summed E-state index contributed by atoms with van der Waals surface area (Å²) in [4.78, 5) is 35.4. The Bertz CT molecular complexity index is 597. The summed E-state index contributed by atoms with van der Waals surface area (Å²) in [6.45, 7) is 0.706. The lowest BCUT2D eigenvalue weighted by atomic mass is 10.1. The Morgan fingerprint density at radius 2 is 1.75 bits per heavy atom. The zero-order chi connectivity index (χ0) is 17.4. The van der Waals surface area contributed by atoms with Crippen LogP contribution in [0.1, 0.15) is 36.0 Å². The van der Waals surface area contributed by atoms with Crippen molar-refractivity contribution in [1.29, 1.82) is 0 Å². The molecule has 24 heavy (non-hydrogen) atoms. The average Bonchev–Trinajstić information content (AvgIpc) is 3.13. The van der Waals surface area contributed by atoms with Gasteiger partial charge < -0.3 is 15.4 Å². The zero-order valence-corrected chi connectivity index (χ0v) is 13.8. The van der Waals surface area contributed by atoms with Crippen LogP contribution in [-0.2, 0) is 9.53 Å². The fraction of sp³-hybridized carbons (Fsp3) is 0.471. The van der Waals surface area contributed by atoms with Crippen LogP contribution in [0, 0.1) is 5.92 Å². The fourth-order valence-electron chi connectivity index (χ4n) is 2.74. The second-order valence-corrected chi connectivity index (χ2v) is 5.69. The van der Waals surface area contributed by atoms with E-state index in [9.17, 15) is 14.4 Å². The van der Waals surface area contributed by atoms with E-state index in [4.69, 9.17) is 0 Å². The maximum absolute atomic E-state index is 12.2. The number of para-hydroxylation sites is 1. The van der Waals surface area contributed by atoms with Crippen LogP contribution >= 0.6 is 0 Å². The first-order chi connectivity index (χ1) is 11.6. The number of ether oxygens (including phenoxy) is 1. The van der Waals surface area contributed by atoms with Gasteiger partial charge in [-0.05, 0) is 25.0 Å². The highest BCUT2D eigenvalue weighted by Gasteiger charge is 2.22. The molecule has 7 heteroatoms. The van der Waals surface area contributed by atoms with Gasteiger partial charge in [-0.25, -0.2) is 4.79 Å². The molecule has 1 aliphatic carbocycles. The quantitative estimate of drug-likeness (QED) is 0.693. The molecule has 3 amide bonds. The molecule has 0 atom stereocenters. The van der Waals surface area contributed by atoms with Gasteiger partial charge in [-0.15, -0.1) is 0 Å². The second-order valence-electron chi connectivity index (χ2n) is 5.69. The van der Waals surface area contributed by atoms with Crippen LogP contribution in [0.5, 0.6) is 0 Å². The van der Waals surface area contributed by atoms with Gasteiger partial charge in [-0.1, -0.05) is 25.0 Å². The first-order valence-corrected chi connectivity index (χ1v) is 8.11. The van der Waals surface area contributed by atoms with Crippen molar-refractivity contribution in [3.8, 4) is 0 Å². The van der Waals surface area contributed by atoms with Crippen LogP contribution in [0.2, 0.25) is 0 Å². The molecular formula is C17H23N3O4. The van der Waals surface area contributed by atoms with Crippen molar-refractivity contribution in [3.05, 3.63) is 29.8 Å². The summed E-state index contributed by atoms with van der Waals surface area (Å²) in [5, 5.41) is 8.07. The molecule has 1 saturated carbocycles. The lowest BCUT2D eigenvalue weighted by Crippen LogP contribution is -2.37. The molecule has 7 nitrogen and oxygen atoms in total. The second kappa shape index (κ2) is 8.90. The van der Waals surface area contributed by atoms with Crippen molar-refractivity contribution in [2.24, 2.45) is 5.92 Å². The summed E-state index contributed by atoms with van der Waals surface area (Å²) in [5.74, 6) is -0.141. The minimum absolute atomic E-state index is 0.0644. The fourth-order valence-corrected chi connectivity index (χ4v) is 2.74. The number of benzene rings is 1. The highest BCUT2D eigenvalue weighted by Crippen LogP contribution is 2.24. The van der Waals surface area contributed by atoms with E-state index >= 15 is 0 Å². The Hall–Kier alpha value is -2.57. The summed E-state index contributed by atoms with van der Waals surface area (Å²) in [6.07, 6.45) is 3.48. The minimum atomic E-state index is -0.640. The number of carbonyl (C=O) groups excluding carboxylic acids is 3. The summed E-state index contributed by atoms with van der Waals surface area (Å²) < 4.78 is 4.53. The van der Waals surface area contributed by atoms with Crippen molar-refractivity contribution in [3.63, 3.8) is 0 Å². The highest BCUT2D eigenvalue weighted by atomic mass is 16.5. The number of methoxy groups -OCH3 is 1. The SMILES string of the molecule is COC(=O)Nc1ccccc1C(=O)NCCNC(=O)C1CCCC1. The lowest BCUT2D eigenvalue weighted by Gasteiger charge is -2.12. The lowest BCUT2D eigenvalue weighted by molar-refractivity contribution is -0.124. The van der Waals surface area contributed by atoms with Crippen LogP contribution in [0.25, 0.3) is 0 Å². The van der Waals surface area contributed by atoms with E-state index < -0.39 is 6.09 Å². The molecule has 130 valence electrons. The van der Waals surface area contributed by atoms with Gasteiger partial charge >= 0.3 is 6.09 Å².